The van der Waals surface area contributed by atoms with Crippen LogP contribution in [0.1, 0.15) is 142 Å². The molecule has 0 heterocycles. The molecule has 0 aliphatic carbocycles. The van der Waals surface area contributed by atoms with Crippen molar-refractivity contribution >= 4 is 13.7 Å². The molecule has 0 aliphatic heterocycles. The number of likely N-dealkylation sites (N-methyl/N-ethyl adjacent to an activating group) is 1. The molecule has 0 rings (SSSR count). The first-order chi connectivity index (χ1) is 23.0. The molecule has 9 heteroatoms. The summed E-state index contributed by atoms with van der Waals surface area (Å²) in [5, 5.41) is 13.6. The second kappa shape index (κ2) is 31.4. The van der Waals surface area contributed by atoms with Crippen molar-refractivity contribution in [2.24, 2.45) is 0 Å². The Balaban J connectivity index is 4.60. The lowest BCUT2D eigenvalue weighted by Gasteiger charge is -2.29. The van der Waals surface area contributed by atoms with Gasteiger partial charge in [0.2, 0.25) is 5.91 Å². The summed E-state index contributed by atoms with van der Waals surface area (Å²) in [5.74, 6) is -0.225. The lowest BCUT2D eigenvalue weighted by atomic mass is 10.1. The number of carbonyl (C=O) groups is 1. The number of quaternary nitrogens is 1. The SMILES string of the molecule is CCCCC/C=C\C=C/CCCCCCCCC(=O)NC(COP(=O)([O-])OCC[N+](C)(C)C)C(O)/C=C/CC/C=C/CCCCCCC. The highest BCUT2D eigenvalue weighted by atomic mass is 31.2. The van der Waals surface area contributed by atoms with Gasteiger partial charge in [0, 0.05) is 6.42 Å². The largest absolute Gasteiger partial charge is 0.756 e. The highest BCUT2D eigenvalue weighted by Crippen LogP contribution is 2.38. The Bertz CT molecular complexity index is 928. The van der Waals surface area contributed by atoms with Gasteiger partial charge in [-0.25, -0.2) is 0 Å². The van der Waals surface area contributed by atoms with Gasteiger partial charge < -0.3 is 28.8 Å². The molecular formula is C39H73N2O6P. The average molecular weight is 697 g/mol. The molecule has 0 aliphatic rings. The van der Waals surface area contributed by atoms with E-state index in [-0.39, 0.29) is 12.5 Å². The Kier molecular flexibility index (Phi) is 30.4. The third-order valence-corrected chi connectivity index (χ3v) is 9.00. The molecular weight excluding hydrogens is 623 g/mol. The fourth-order valence-corrected chi connectivity index (χ4v) is 5.64. The molecule has 0 aromatic carbocycles. The van der Waals surface area contributed by atoms with Crippen LogP contribution >= 0.6 is 7.82 Å². The summed E-state index contributed by atoms with van der Waals surface area (Å²) >= 11 is 0. The number of allylic oxidation sites excluding steroid dienone is 7. The minimum absolute atomic E-state index is 0.0107. The van der Waals surface area contributed by atoms with Gasteiger partial charge in [0.15, 0.2) is 0 Å². The summed E-state index contributed by atoms with van der Waals surface area (Å²) in [7, 11) is 1.22. The van der Waals surface area contributed by atoms with Crippen LogP contribution in [0.5, 0.6) is 0 Å². The van der Waals surface area contributed by atoms with Crippen LogP contribution in [-0.2, 0) is 18.4 Å². The molecule has 0 spiro atoms. The van der Waals surface area contributed by atoms with Gasteiger partial charge in [0.1, 0.15) is 13.2 Å². The van der Waals surface area contributed by atoms with Crippen LogP contribution in [0.25, 0.3) is 0 Å². The average Bonchev–Trinajstić information content (AvgIpc) is 3.02. The second-order valence-electron chi connectivity index (χ2n) is 13.9. The van der Waals surface area contributed by atoms with Crippen LogP contribution in [0.3, 0.4) is 0 Å². The molecule has 0 radical (unpaired) electrons. The highest BCUT2D eigenvalue weighted by Gasteiger charge is 2.23. The molecule has 2 N–H and O–H groups in total. The van der Waals surface area contributed by atoms with E-state index in [2.05, 4.69) is 55.6 Å². The number of phosphoric ester groups is 1. The van der Waals surface area contributed by atoms with Crippen molar-refractivity contribution in [2.45, 2.75) is 154 Å². The van der Waals surface area contributed by atoms with Gasteiger partial charge in [-0.3, -0.25) is 9.36 Å². The molecule has 0 aromatic rings. The predicted octanol–water partition coefficient (Wildman–Crippen LogP) is 9.11. The lowest BCUT2D eigenvalue weighted by Crippen LogP contribution is -2.45. The number of phosphoric acid groups is 1. The van der Waals surface area contributed by atoms with E-state index in [0.717, 1.165) is 57.8 Å². The van der Waals surface area contributed by atoms with E-state index < -0.39 is 26.6 Å². The second-order valence-corrected chi connectivity index (χ2v) is 15.4. The maximum Gasteiger partial charge on any atom is 0.268 e. The fraction of sp³-hybridized carbons (Fsp3) is 0.769. The molecule has 0 aromatic heterocycles. The van der Waals surface area contributed by atoms with Crippen LogP contribution in [0.15, 0.2) is 48.6 Å². The van der Waals surface area contributed by atoms with E-state index in [9.17, 15) is 19.4 Å². The van der Waals surface area contributed by atoms with Gasteiger partial charge in [-0.2, -0.15) is 0 Å². The van der Waals surface area contributed by atoms with Crippen molar-refractivity contribution in [3.8, 4) is 0 Å². The zero-order valence-electron chi connectivity index (χ0n) is 31.4. The predicted molar refractivity (Wildman–Crippen MR) is 201 cm³/mol. The molecule has 8 nitrogen and oxygen atoms in total. The van der Waals surface area contributed by atoms with E-state index in [1.165, 1.54) is 64.2 Å². The Morgan fingerprint density at radius 3 is 1.85 bits per heavy atom. The Morgan fingerprint density at radius 1 is 0.729 bits per heavy atom. The summed E-state index contributed by atoms with van der Waals surface area (Å²) in [6, 6.07) is -0.907. The summed E-state index contributed by atoms with van der Waals surface area (Å²) in [4.78, 5) is 25.1. The minimum Gasteiger partial charge on any atom is -0.756 e. The molecule has 3 unspecified atom stereocenters. The number of hydrogen-bond donors (Lipinski definition) is 2. The monoisotopic (exact) mass is 697 g/mol. The molecule has 280 valence electrons. The Hall–Kier alpha value is -1.54. The first kappa shape index (κ1) is 46.5. The number of amides is 1. The molecule has 1 amide bonds. The van der Waals surface area contributed by atoms with E-state index in [4.69, 9.17) is 9.05 Å². The molecule has 0 bridgehead atoms. The van der Waals surface area contributed by atoms with Gasteiger partial charge in [0.05, 0.1) is 39.9 Å². The van der Waals surface area contributed by atoms with Gasteiger partial charge in [-0.05, 0) is 57.8 Å². The van der Waals surface area contributed by atoms with Crippen molar-refractivity contribution in [1.29, 1.82) is 0 Å². The number of nitrogens with one attached hydrogen (secondary N) is 1. The van der Waals surface area contributed by atoms with Crippen LogP contribution in [0.2, 0.25) is 0 Å². The van der Waals surface area contributed by atoms with Crippen LogP contribution < -0.4 is 10.2 Å². The number of unbranched alkanes of at least 4 members (excludes halogenated alkanes) is 15. The summed E-state index contributed by atoms with van der Waals surface area (Å²) < 4.78 is 23.0. The number of aliphatic hydroxyl groups excluding tert-OH is 1. The topological polar surface area (TPSA) is 108 Å². The number of rotatable bonds is 33. The van der Waals surface area contributed by atoms with Crippen molar-refractivity contribution in [2.75, 3.05) is 40.9 Å². The van der Waals surface area contributed by atoms with E-state index >= 15 is 0 Å². The van der Waals surface area contributed by atoms with Crippen molar-refractivity contribution in [3.05, 3.63) is 48.6 Å². The van der Waals surface area contributed by atoms with Crippen LogP contribution in [-0.4, -0.2) is 68.5 Å². The number of carbonyl (C=O) groups excluding carboxylic acids is 1. The quantitative estimate of drug-likeness (QED) is 0.0233. The van der Waals surface area contributed by atoms with Crippen molar-refractivity contribution in [1.82, 2.24) is 5.32 Å². The van der Waals surface area contributed by atoms with Crippen molar-refractivity contribution < 1.29 is 32.9 Å². The van der Waals surface area contributed by atoms with Gasteiger partial charge in [-0.15, -0.1) is 0 Å². The number of nitrogens with zero attached hydrogens (tertiary/aromatic N) is 1. The summed E-state index contributed by atoms with van der Waals surface area (Å²) in [5.41, 5.74) is 0. The first-order valence-corrected chi connectivity index (χ1v) is 20.5. The van der Waals surface area contributed by atoms with Gasteiger partial charge >= 0.3 is 0 Å². The maximum absolute atomic E-state index is 12.8. The highest BCUT2D eigenvalue weighted by molar-refractivity contribution is 7.45. The number of aliphatic hydroxyl groups is 1. The van der Waals surface area contributed by atoms with E-state index in [1.54, 1.807) is 6.08 Å². The molecule has 3 atom stereocenters. The third kappa shape index (κ3) is 33.0. The minimum atomic E-state index is -4.59. The fourth-order valence-electron chi connectivity index (χ4n) is 4.92. The normalized spacial score (nSPS) is 15.2. The Labute approximate surface area is 295 Å². The lowest BCUT2D eigenvalue weighted by molar-refractivity contribution is -0.870. The van der Waals surface area contributed by atoms with E-state index in [0.29, 0.717) is 17.4 Å². The number of hydrogen-bond acceptors (Lipinski definition) is 6. The van der Waals surface area contributed by atoms with Gasteiger partial charge in [0.25, 0.3) is 7.82 Å². The first-order valence-electron chi connectivity index (χ1n) is 19.0. The van der Waals surface area contributed by atoms with Crippen LogP contribution in [0, 0.1) is 0 Å². The zero-order chi connectivity index (χ0) is 35.8. The maximum atomic E-state index is 12.8. The summed E-state index contributed by atoms with van der Waals surface area (Å²) in [6.45, 7) is 4.52. The zero-order valence-corrected chi connectivity index (χ0v) is 32.3. The molecule has 0 fully saturated rings. The van der Waals surface area contributed by atoms with Gasteiger partial charge in [-0.1, -0.05) is 127 Å². The third-order valence-electron chi connectivity index (χ3n) is 8.04. The molecule has 0 saturated carbocycles. The van der Waals surface area contributed by atoms with Crippen LogP contribution in [0.4, 0.5) is 0 Å². The van der Waals surface area contributed by atoms with Crippen molar-refractivity contribution in [3.63, 3.8) is 0 Å². The standard InChI is InChI=1S/C39H73N2O6P/c1-6-8-10-12-14-16-18-19-20-21-23-25-27-29-31-33-39(43)40-37(36-47-48(44,45)46-35-34-41(3,4)5)38(42)32-30-28-26-24-22-17-15-13-11-9-7-2/h14,16,18-19,22,24,30,32,37-38,42H,6-13,15,17,20-21,23,25-29,31,33-36H2,1-5H3,(H-,40,43,44,45)/b16-14-,19-18-,24-22+,32-30+. The summed E-state index contributed by atoms with van der Waals surface area (Å²) in [6.07, 6.45) is 37.2. The molecule has 0 saturated heterocycles. The van der Waals surface area contributed by atoms with E-state index in [1.807, 2.05) is 27.2 Å². The Morgan fingerprint density at radius 2 is 1.23 bits per heavy atom. The molecule has 48 heavy (non-hydrogen) atoms. The smallest absolute Gasteiger partial charge is 0.268 e.